The van der Waals surface area contributed by atoms with Crippen LogP contribution in [0.4, 0.5) is 0 Å². The van der Waals surface area contributed by atoms with Crippen LogP contribution in [0.5, 0.6) is 0 Å². The highest BCUT2D eigenvalue weighted by Crippen LogP contribution is 2.12. The van der Waals surface area contributed by atoms with Gasteiger partial charge in [-0.05, 0) is 26.9 Å². The second kappa shape index (κ2) is 6.73. The van der Waals surface area contributed by atoms with Crippen molar-refractivity contribution in [1.82, 2.24) is 15.2 Å². The predicted molar refractivity (Wildman–Crippen MR) is 76.9 cm³/mol. The van der Waals surface area contributed by atoms with Gasteiger partial charge in [-0.3, -0.25) is 0 Å². The van der Waals surface area contributed by atoms with Crippen molar-refractivity contribution in [2.75, 3.05) is 31.6 Å². The quantitative estimate of drug-likeness (QED) is 0.886. The molecule has 1 N–H and O–H groups in total. The summed E-state index contributed by atoms with van der Waals surface area (Å²) in [5, 5.41) is 6.91. The molecule has 17 heavy (non-hydrogen) atoms. The van der Waals surface area contributed by atoms with E-state index in [0.29, 0.717) is 6.04 Å². The van der Waals surface area contributed by atoms with Crippen molar-refractivity contribution in [3.05, 3.63) is 16.1 Å². The topological polar surface area (TPSA) is 28.2 Å². The summed E-state index contributed by atoms with van der Waals surface area (Å²) in [5.74, 6) is 2.54. The van der Waals surface area contributed by atoms with Crippen molar-refractivity contribution in [1.29, 1.82) is 0 Å². The van der Waals surface area contributed by atoms with Gasteiger partial charge in [-0.2, -0.15) is 11.8 Å². The number of nitrogens with zero attached hydrogens (tertiary/aromatic N) is 2. The number of aryl methyl sites for hydroxylation is 1. The Hall–Kier alpha value is -0.100. The van der Waals surface area contributed by atoms with Crippen LogP contribution in [0.25, 0.3) is 0 Å². The summed E-state index contributed by atoms with van der Waals surface area (Å²) in [6.45, 7) is 5.36. The van der Waals surface area contributed by atoms with Crippen molar-refractivity contribution in [3.8, 4) is 0 Å². The highest BCUT2D eigenvalue weighted by Gasteiger charge is 2.13. The fourth-order valence-corrected chi connectivity index (χ4v) is 3.62. The van der Waals surface area contributed by atoms with Crippen LogP contribution in [0.15, 0.2) is 5.38 Å². The lowest BCUT2D eigenvalue weighted by atomic mass is 10.2. The molecule has 0 amide bonds. The van der Waals surface area contributed by atoms with Gasteiger partial charge in [-0.1, -0.05) is 0 Å². The molecule has 1 aromatic rings. The normalized spacial score (nSPS) is 21.0. The molecule has 5 heteroatoms. The van der Waals surface area contributed by atoms with Gasteiger partial charge in [0.2, 0.25) is 0 Å². The molecule has 0 radical (unpaired) electrons. The molecule has 1 unspecified atom stereocenters. The third-order valence-corrected chi connectivity index (χ3v) is 4.91. The Morgan fingerprint density at radius 2 is 2.47 bits per heavy atom. The Balaban J connectivity index is 1.68. The first-order valence-electron chi connectivity index (χ1n) is 6.15. The van der Waals surface area contributed by atoms with Gasteiger partial charge >= 0.3 is 0 Å². The van der Waals surface area contributed by atoms with E-state index < -0.39 is 0 Å². The predicted octanol–water partition coefficient (Wildman–Crippen LogP) is 1.98. The van der Waals surface area contributed by atoms with Gasteiger partial charge in [0.25, 0.3) is 0 Å². The molecule has 1 aliphatic heterocycles. The van der Waals surface area contributed by atoms with Crippen LogP contribution in [0.2, 0.25) is 0 Å². The Labute approximate surface area is 112 Å². The highest BCUT2D eigenvalue weighted by atomic mass is 32.2. The van der Waals surface area contributed by atoms with Crippen LogP contribution in [-0.2, 0) is 6.54 Å². The van der Waals surface area contributed by atoms with Crippen molar-refractivity contribution in [3.63, 3.8) is 0 Å². The molecule has 1 atom stereocenters. The SMILES string of the molecule is Cc1nc(CN(C)CCC2CSCCN2)cs1. The molecule has 3 nitrogen and oxygen atoms in total. The zero-order valence-electron chi connectivity index (χ0n) is 10.6. The molecule has 0 bridgehead atoms. The molecular weight excluding hydrogens is 250 g/mol. The fraction of sp³-hybridized carbons (Fsp3) is 0.750. The zero-order valence-corrected chi connectivity index (χ0v) is 12.2. The van der Waals surface area contributed by atoms with Crippen LogP contribution >= 0.6 is 23.1 Å². The molecule has 0 aliphatic carbocycles. The minimum atomic E-state index is 0.702. The van der Waals surface area contributed by atoms with E-state index in [1.54, 1.807) is 11.3 Å². The maximum atomic E-state index is 4.50. The average Bonchev–Trinajstić information content (AvgIpc) is 2.73. The second-order valence-electron chi connectivity index (χ2n) is 4.61. The molecule has 0 spiro atoms. The minimum Gasteiger partial charge on any atom is -0.312 e. The highest BCUT2D eigenvalue weighted by molar-refractivity contribution is 7.99. The Morgan fingerprint density at radius 3 is 3.12 bits per heavy atom. The van der Waals surface area contributed by atoms with Gasteiger partial charge in [0.1, 0.15) is 0 Å². The van der Waals surface area contributed by atoms with E-state index in [-0.39, 0.29) is 0 Å². The van der Waals surface area contributed by atoms with Crippen molar-refractivity contribution in [2.45, 2.75) is 25.9 Å². The van der Waals surface area contributed by atoms with Gasteiger partial charge in [-0.25, -0.2) is 4.98 Å². The van der Waals surface area contributed by atoms with E-state index in [1.165, 1.54) is 35.2 Å². The maximum absolute atomic E-state index is 4.50. The van der Waals surface area contributed by atoms with Crippen LogP contribution in [0.3, 0.4) is 0 Å². The van der Waals surface area contributed by atoms with E-state index in [2.05, 4.69) is 46.3 Å². The molecule has 0 saturated carbocycles. The molecule has 2 heterocycles. The summed E-state index contributed by atoms with van der Waals surface area (Å²) in [4.78, 5) is 6.87. The van der Waals surface area contributed by atoms with E-state index >= 15 is 0 Å². The van der Waals surface area contributed by atoms with Gasteiger partial charge in [0.05, 0.1) is 10.7 Å². The van der Waals surface area contributed by atoms with Crippen molar-refractivity contribution >= 4 is 23.1 Å². The summed E-state index contributed by atoms with van der Waals surface area (Å²) in [5.41, 5.74) is 1.21. The van der Waals surface area contributed by atoms with Crippen LogP contribution in [-0.4, -0.2) is 47.6 Å². The van der Waals surface area contributed by atoms with Crippen LogP contribution in [0, 0.1) is 6.92 Å². The second-order valence-corrected chi connectivity index (χ2v) is 6.82. The lowest BCUT2D eigenvalue weighted by Crippen LogP contribution is -2.39. The monoisotopic (exact) mass is 271 g/mol. The lowest BCUT2D eigenvalue weighted by molar-refractivity contribution is 0.302. The first-order chi connectivity index (χ1) is 8.24. The van der Waals surface area contributed by atoms with Gasteiger partial charge < -0.3 is 10.2 Å². The molecule has 1 aliphatic rings. The number of rotatable bonds is 5. The van der Waals surface area contributed by atoms with E-state index in [4.69, 9.17) is 0 Å². The summed E-state index contributed by atoms with van der Waals surface area (Å²) in [6, 6.07) is 0.702. The number of hydrogen-bond donors (Lipinski definition) is 1. The third kappa shape index (κ3) is 4.58. The van der Waals surface area contributed by atoms with Crippen LogP contribution < -0.4 is 5.32 Å². The summed E-state index contributed by atoms with van der Waals surface area (Å²) < 4.78 is 0. The van der Waals surface area contributed by atoms with E-state index in [0.717, 1.165) is 13.1 Å². The number of hydrogen-bond acceptors (Lipinski definition) is 5. The van der Waals surface area contributed by atoms with E-state index in [1.807, 2.05) is 0 Å². The van der Waals surface area contributed by atoms with Gasteiger partial charge in [-0.15, -0.1) is 11.3 Å². The fourth-order valence-electron chi connectivity index (χ4n) is 2.02. The Morgan fingerprint density at radius 1 is 1.59 bits per heavy atom. The smallest absolute Gasteiger partial charge is 0.0897 e. The third-order valence-electron chi connectivity index (χ3n) is 2.96. The Bertz CT molecular complexity index is 334. The van der Waals surface area contributed by atoms with Gasteiger partial charge in [0.15, 0.2) is 0 Å². The lowest BCUT2D eigenvalue weighted by Gasteiger charge is -2.25. The Kier molecular flexibility index (Phi) is 5.28. The first kappa shape index (κ1) is 13.3. The van der Waals surface area contributed by atoms with Gasteiger partial charge in [0, 0.05) is 36.0 Å². The molecule has 1 saturated heterocycles. The number of nitrogens with one attached hydrogen (secondary N) is 1. The number of thioether (sulfide) groups is 1. The zero-order chi connectivity index (χ0) is 12.1. The largest absolute Gasteiger partial charge is 0.312 e. The summed E-state index contributed by atoms with van der Waals surface area (Å²) >= 11 is 3.81. The summed E-state index contributed by atoms with van der Waals surface area (Å²) in [6.07, 6.45) is 1.24. The number of aromatic nitrogens is 1. The van der Waals surface area contributed by atoms with Crippen LogP contribution in [0.1, 0.15) is 17.1 Å². The van der Waals surface area contributed by atoms with Crippen molar-refractivity contribution in [2.24, 2.45) is 0 Å². The molecule has 96 valence electrons. The number of thiazole rings is 1. The molecule has 2 rings (SSSR count). The summed E-state index contributed by atoms with van der Waals surface area (Å²) in [7, 11) is 2.19. The first-order valence-corrected chi connectivity index (χ1v) is 8.18. The maximum Gasteiger partial charge on any atom is 0.0897 e. The molecular formula is C12H21N3S2. The van der Waals surface area contributed by atoms with Crippen molar-refractivity contribution < 1.29 is 0 Å². The van der Waals surface area contributed by atoms with E-state index in [9.17, 15) is 0 Å². The standard InChI is InChI=1S/C12H21N3S2/c1-10-14-12(9-17-10)7-15(2)5-3-11-8-16-6-4-13-11/h9,11,13H,3-8H2,1-2H3. The molecule has 1 aromatic heterocycles. The molecule has 0 aromatic carbocycles. The molecule has 1 fully saturated rings. The average molecular weight is 271 g/mol. The minimum absolute atomic E-state index is 0.702.